The first-order valence-electron chi connectivity index (χ1n) is 9.93. The van der Waals surface area contributed by atoms with Crippen molar-refractivity contribution < 1.29 is 29.0 Å². The van der Waals surface area contributed by atoms with Crippen molar-refractivity contribution in [2.24, 2.45) is 0 Å². The average molecular weight is 429 g/mol. The van der Waals surface area contributed by atoms with Crippen LogP contribution in [0.25, 0.3) is 0 Å². The van der Waals surface area contributed by atoms with Crippen molar-refractivity contribution in [3.8, 4) is 5.75 Å². The summed E-state index contributed by atoms with van der Waals surface area (Å²) < 4.78 is 5.52. The largest absolute Gasteiger partial charge is 0.486 e. The molecule has 1 heterocycles. The maximum Gasteiger partial charge on any atom is 0.335 e. The van der Waals surface area contributed by atoms with Crippen LogP contribution in [0.2, 0.25) is 0 Å². The highest BCUT2D eigenvalue weighted by Gasteiger charge is 2.34. The summed E-state index contributed by atoms with van der Waals surface area (Å²) in [6.45, 7) is -0.0134. The molecular weight excluding hydrogens is 410 g/mol. The fourth-order valence-electron chi connectivity index (χ4n) is 3.51. The molecule has 7 heteroatoms. The number of fused-ring (bicyclic) bond motifs is 1. The van der Waals surface area contributed by atoms with Gasteiger partial charge in [-0.2, -0.15) is 0 Å². The molecule has 0 radical (unpaired) electrons. The number of carbonyl (C=O) groups excluding carboxylic acids is 3. The Morgan fingerprint density at radius 3 is 2.09 bits per heavy atom. The molecule has 0 aromatic heterocycles. The van der Waals surface area contributed by atoms with Crippen LogP contribution < -0.4 is 4.74 Å². The second kappa shape index (κ2) is 8.85. The first-order valence-corrected chi connectivity index (χ1v) is 9.93. The van der Waals surface area contributed by atoms with Gasteiger partial charge in [-0.15, -0.1) is 0 Å². The number of ether oxygens (including phenoxy) is 1. The highest BCUT2D eigenvalue weighted by Crippen LogP contribution is 2.24. The SMILES string of the molecule is O=C(COc1ccc(CN2C(=O)c3ccccc3C2=O)cc1)Cc1cccc(C(=O)O)c1. The predicted octanol–water partition coefficient (Wildman–Crippen LogP) is 3.37. The van der Waals surface area contributed by atoms with E-state index < -0.39 is 5.97 Å². The van der Waals surface area contributed by atoms with Gasteiger partial charge in [-0.1, -0.05) is 36.4 Å². The Labute approximate surface area is 183 Å². The molecule has 2 amide bonds. The Morgan fingerprint density at radius 2 is 1.47 bits per heavy atom. The number of carbonyl (C=O) groups is 4. The Bertz CT molecular complexity index is 1180. The summed E-state index contributed by atoms with van der Waals surface area (Å²) in [5.41, 5.74) is 2.30. The van der Waals surface area contributed by atoms with Crippen molar-refractivity contribution in [2.45, 2.75) is 13.0 Å². The van der Waals surface area contributed by atoms with E-state index >= 15 is 0 Å². The van der Waals surface area contributed by atoms with Gasteiger partial charge in [-0.25, -0.2) is 4.79 Å². The topological polar surface area (TPSA) is 101 Å². The minimum Gasteiger partial charge on any atom is -0.486 e. The molecule has 7 nitrogen and oxygen atoms in total. The Kier molecular flexibility index (Phi) is 5.81. The number of aromatic carboxylic acids is 1. The fraction of sp³-hybridized carbons (Fsp3) is 0.120. The number of benzene rings is 3. The molecule has 0 bridgehead atoms. The molecular formula is C25H19NO6. The van der Waals surface area contributed by atoms with Crippen molar-refractivity contribution in [1.29, 1.82) is 0 Å². The van der Waals surface area contributed by atoms with Crippen molar-refractivity contribution >= 4 is 23.6 Å². The number of hydrogen-bond acceptors (Lipinski definition) is 5. The van der Waals surface area contributed by atoms with Gasteiger partial charge in [0.1, 0.15) is 12.4 Å². The van der Waals surface area contributed by atoms with E-state index in [1.54, 1.807) is 60.7 Å². The lowest BCUT2D eigenvalue weighted by Crippen LogP contribution is -2.29. The van der Waals surface area contributed by atoms with E-state index in [1.807, 2.05) is 0 Å². The van der Waals surface area contributed by atoms with E-state index in [0.29, 0.717) is 22.4 Å². The van der Waals surface area contributed by atoms with E-state index in [0.717, 1.165) is 5.56 Å². The van der Waals surface area contributed by atoms with Crippen molar-refractivity contribution in [1.82, 2.24) is 4.90 Å². The standard InChI is InChI=1S/C25H19NO6/c27-19(13-17-4-3-5-18(12-17)25(30)31)15-32-20-10-8-16(9-11-20)14-26-23(28)21-6-1-2-7-22(21)24(26)29/h1-12H,13-15H2,(H,30,31). The lowest BCUT2D eigenvalue weighted by molar-refractivity contribution is -0.120. The molecule has 160 valence electrons. The van der Waals surface area contributed by atoms with Gasteiger partial charge in [0.05, 0.1) is 23.2 Å². The van der Waals surface area contributed by atoms with Gasteiger partial charge < -0.3 is 9.84 Å². The lowest BCUT2D eigenvalue weighted by Gasteiger charge is -2.14. The molecule has 1 N–H and O–H groups in total. The third-order valence-electron chi connectivity index (χ3n) is 5.12. The number of carboxylic acids is 1. The van der Waals surface area contributed by atoms with E-state index in [-0.39, 0.29) is 42.7 Å². The monoisotopic (exact) mass is 429 g/mol. The molecule has 1 aliphatic rings. The molecule has 0 saturated carbocycles. The second-order valence-corrected chi connectivity index (χ2v) is 7.40. The van der Waals surface area contributed by atoms with Gasteiger partial charge in [0.15, 0.2) is 5.78 Å². The first-order chi connectivity index (χ1) is 15.4. The molecule has 1 aliphatic heterocycles. The van der Waals surface area contributed by atoms with Crippen LogP contribution in [0.15, 0.2) is 72.8 Å². The predicted molar refractivity (Wildman–Crippen MR) is 115 cm³/mol. The number of amides is 2. The molecule has 0 spiro atoms. The molecule has 0 saturated heterocycles. The van der Waals surface area contributed by atoms with Crippen LogP contribution in [0.5, 0.6) is 5.75 Å². The Hall–Kier alpha value is -4.26. The summed E-state index contributed by atoms with van der Waals surface area (Å²) in [6.07, 6.45) is 0.0684. The zero-order valence-corrected chi connectivity index (χ0v) is 17.0. The van der Waals surface area contributed by atoms with E-state index in [4.69, 9.17) is 9.84 Å². The number of rotatable bonds is 8. The number of ketones is 1. The third kappa shape index (κ3) is 4.41. The lowest BCUT2D eigenvalue weighted by atomic mass is 10.1. The second-order valence-electron chi connectivity index (χ2n) is 7.40. The van der Waals surface area contributed by atoms with Gasteiger partial charge in [0.25, 0.3) is 11.8 Å². The molecule has 3 aromatic rings. The van der Waals surface area contributed by atoms with Gasteiger partial charge in [0.2, 0.25) is 0 Å². The minimum absolute atomic E-state index is 0.0684. The number of carboxylic acid groups (broad SMARTS) is 1. The molecule has 4 rings (SSSR count). The van der Waals surface area contributed by atoms with Crippen LogP contribution in [-0.4, -0.2) is 40.2 Å². The number of nitrogens with zero attached hydrogens (tertiary/aromatic N) is 1. The van der Waals surface area contributed by atoms with Crippen LogP contribution in [-0.2, 0) is 17.8 Å². The molecule has 3 aromatic carbocycles. The normalized spacial score (nSPS) is 12.6. The smallest absolute Gasteiger partial charge is 0.335 e. The van der Waals surface area contributed by atoms with Crippen molar-refractivity contribution in [2.75, 3.05) is 6.61 Å². The molecule has 32 heavy (non-hydrogen) atoms. The molecule has 0 fully saturated rings. The molecule has 0 unspecified atom stereocenters. The summed E-state index contributed by atoms with van der Waals surface area (Å²) >= 11 is 0. The van der Waals surface area contributed by atoms with Crippen LogP contribution in [0, 0.1) is 0 Å². The summed E-state index contributed by atoms with van der Waals surface area (Å²) in [4.78, 5) is 49.4. The maximum absolute atomic E-state index is 12.5. The van der Waals surface area contributed by atoms with Gasteiger partial charge >= 0.3 is 5.97 Å². The van der Waals surface area contributed by atoms with Crippen LogP contribution in [0.1, 0.15) is 42.2 Å². The summed E-state index contributed by atoms with van der Waals surface area (Å²) in [5, 5.41) is 9.03. The number of hydrogen-bond donors (Lipinski definition) is 1. The number of imide groups is 1. The van der Waals surface area contributed by atoms with Gasteiger partial charge in [-0.3, -0.25) is 19.3 Å². The Morgan fingerprint density at radius 1 is 0.812 bits per heavy atom. The fourth-order valence-corrected chi connectivity index (χ4v) is 3.51. The molecule has 0 aliphatic carbocycles. The van der Waals surface area contributed by atoms with E-state index in [2.05, 4.69) is 0 Å². The van der Waals surface area contributed by atoms with Crippen molar-refractivity contribution in [3.05, 3.63) is 101 Å². The summed E-state index contributed by atoms with van der Waals surface area (Å²) in [7, 11) is 0. The summed E-state index contributed by atoms with van der Waals surface area (Å²) in [6, 6.07) is 19.8. The maximum atomic E-state index is 12.5. The average Bonchev–Trinajstić information content (AvgIpc) is 3.04. The highest BCUT2D eigenvalue weighted by atomic mass is 16.5. The van der Waals surface area contributed by atoms with Crippen LogP contribution >= 0.6 is 0 Å². The zero-order chi connectivity index (χ0) is 22.7. The quantitative estimate of drug-likeness (QED) is 0.551. The van der Waals surface area contributed by atoms with Gasteiger partial charge in [0, 0.05) is 6.42 Å². The highest BCUT2D eigenvalue weighted by molar-refractivity contribution is 6.21. The Balaban J connectivity index is 1.32. The van der Waals surface area contributed by atoms with E-state index in [1.165, 1.54) is 17.0 Å². The minimum atomic E-state index is -1.04. The van der Waals surface area contributed by atoms with Crippen LogP contribution in [0.3, 0.4) is 0 Å². The first kappa shape index (κ1) is 21.0. The zero-order valence-electron chi connectivity index (χ0n) is 17.0. The number of Topliss-reactive ketones (excluding diaryl/α,β-unsaturated/α-hetero) is 1. The third-order valence-corrected chi connectivity index (χ3v) is 5.12. The van der Waals surface area contributed by atoms with Crippen molar-refractivity contribution in [3.63, 3.8) is 0 Å². The van der Waals surface area contributed by atoms with Crippen LogP contribution in [0.4, 0.5) is 0 Å². The van der Waals surface area contributed by atoms with E-state index in [9.17, 15) is 19.2 Å². The summed E-state index contributed by atoms with van der Waals surface area (Å²) in [5.74, 6) is -1.39. The molecule has 0 atom stereocenters. The van der Waals surface area contributed by atoms with Gasteiger partial charge in [-0.05, 0) is 47.5 Å².